The second-order valence-electron chi connectivity index (χ2n) is 7.43. The molecule has 4 aromatic rings. The number of benzene rings is 3. The molecule has 0 amide bonds. The molecule has 1 unspecified atom stereocenters. The van der Waals surface area contributed by atoms with Crippen LogP contribution >= 0.6 is 0 Å². The number of aromatic hydroxyl groups is 1. The normalized spacial score (nSPS) is 11.7. The van der Waals surface area contributed by atoms with Gasteiger partial charge in [-0.15, -0.1) is 0 Å². The molecular weight excluding hydrogens is 428 g/mol. The quantitative estimate of drug-likeness (QED) is 0.384. The van der Waals surface area contributed by atoms with Gasteiger partial charge in [0.25, 0.3) is 0 Å². The highest BCUT2D eigenvalue weighted by molar-refractivity contribution is 5.99. The van der Waals surface area contributed by atoms with Gasteiger partial charge in [0.05, 0.1) is 16.9 Å². The average molecular weight is 445 g/mol. The van der Waals surface area contributed by atoms with Gasteiger partial charge >= 0.3 is 5.97 Å². The second-order valence-corrected chi connectivity index (χ2v) is 7.43. The number of phenols is 1. The lowest BCUT2D eigenvalue weighted by atomic mass is 9.98. The van der Waals surface area contributed by atoms with E-state index in [1.165, 1.54) is 37.3 Å². The minimum absolute atomic E-state index is 0.0681. The summed E-state index contributed by atoms with van der Waals surface area (Å²) in [6.45, 7) is 1.42. The van der Waals surface area contributed by atoms with Crippen molar-refractivity contribution in [3.05, 3.63) is 77.9 Å². The minimum atomic E-state index is -1.13. The van der Waals surface area contributed by atoms with Gasteiger partial charge in [-0.2, -0.15) is 5.26 Å². The summed E-state index contributed by atoms with van der Waals surface area (Å²) in [6.07, 6.45) is 0. The lowest BCUT2D eigenvalue weighted by molar-refractivity contribution is -0.137. The standard InChI is InChI=1S/C25H17F2N3O3/c1-13(25(32)33)29-24-19-10-16(26)7-9-21(19)30-23(20(24)12-28)15-4-2-14(3-5-15)18-8-6-17(27)11-22(18)31/h2-11,13,31H,1H3,(H,29,30)(H,32,33). The number of nitrogens with zero attached hydrogens (tertiary/aromatic N) is 2. The fraction of sp³-hybridized carbons (Fsp3) is 0.0800. The molecule has 3 N–H and O–H groups in total. The van der Waals surface area contributed by atoms with Crippen LogP contribution in [0.15, 0.2) is 60.7 Å². The zero-order chi connectivity index (χ0) is 23.7. The molecule has 1 heterocycles. The predicted octanol–water partition coefficient (Wildman–Crippen LogP) is 5.31. The number of hydrogen-bond donors (Lipinski definition) is 3. The molecule has 0 aliphatic carbocycles. The van der Waals surface area contributed by atoms with Crippen molar-refractivity contribution < 1.29 is 23.8 Å². The number of nitriles is 1. The first-order chi connectivity index (χ1) is 15.8. The number of aliphatic carboxylic acids is 1. The first-order valence-electron chi connectivity index (χ1n) is 9.90. The number of fused-ring (bicyclic) bond motifs is 1. The molecule has 3 aromatic carbocycles. The maximum absolute atomic E-state index is 13.9. The van der Waals surface area contributed by atoms with Gasteiger partial charge in [-0.05, 0) is 42.8 Å². The molecule has 1 atom stereocenters. The van der Waals surface area contributed by atoms with Crippen LogP contribution in [0.2, 0.25) is 0 Å². The number of anilines is 1. The Bertz CT molecular complexity index is 1430. The topological polar surface area (TPSA) is 106 Å². The van der Waals surface area contributed by atoms with Crippen LogP contribution < -0.4 is 5.32 Å². The Labute approximate surface area is 187 Å². The molecule has 8 heteroatoms. The van der Waals surface area contributed by atoms with E-state index in [0.29, 0.717) is 22.2 Å². The number of pyridine rings is 1. The highest BCUT2D eigenvalue weighted by Gasteiger charge is 2.21. The second kappa shape index (κ2) is 8.55. The lowest BCUT2D eigenvalue weighted by Crippen LogP contribution is -2.26. The van der Waals surface area contributed by atoms with Gasteiger partial charge in [-0.1, -0.05) is 24.3 Å². The molecule has 0 spiro atoms. The molecule has 0 aliphatic heterocycles. The third-order valence-corrected chi connectivity index (χ3v) is 5.22. The first kappa shape index (κ1) is 21.7. The summed E-state index contributed by atoms with van der Waals surface area (Å²) in [5, 5.41) is 32.3. The van der Waals surface area contributed by atoms with E-state index in [4.69, 9.17) is 0 Å². The van der Waals surface area contributed by atoms with Crippen molar-refractivity contribution >= 4 is 22.6 Å². The predicted molar refractivity (Wildman–Crippen MR) is 120 cm³/mol. The third kappa shape index (κ3) is 4.16. The number of carboxylic acid groups (broad SMARTS) is 1. The van der Waals surface area contributed by atoms with Crippen molar-refractivity contribution in [3.8, 4) is 34.2 Å². The van der Waals surface area contributed by atoms with Crippen LogP contribution in [0.4, 0.5) is 14.5 Å². The number of rotatable bonds is 5. The van der Waals surface area contributed by atoms with E-state index in [-0.39, 0.29) is 28.1 Å². The van der Waals surface area contributed by atoms with Crippen LogP contribution in [0.25, 0.3) is 33.3 Å². The van der Waals surface area contributed by atoms with E-state index in [1.54, 1.807) is 24.3 Å². The summed E-state index contributed by atoms with van der Waals surface area (Å²) in [5.74, 6) is -2.44. The zero-order valence-corrected chi connectivity index (χ0v) is 17.3. The average Bonchev–Trinajstić information content (AvgIpc) is 2.79. The van der Waals surface area contributed by atoms with Gasteiger partial charge in [0.2, 0.25) is 0 Å². The van der Waals surface area contributed by atoms with E-state index >= 15 is 0 Å². The SMILES string of the molecule is CC(Nc1c(C#N)c(-c2ccc(-c3ccc(F)cc3O)cc2)nc2ccc(F)cc12)C(=O)O. The Morgan fingerprint density at radius 2 is 1.67 bits per heavy atom. The van der Waals surface area contributed by atoms with Gasteiger partial charge < -0.3 is 15.5 Å². The van der Waals surface area contributed by atoms with Gasteiger partial charge in [-0.3, -0.25) is 4.79 Å². The first-order valence-corrected chi connectivity index (χ1v) is 9.90. The Balaban J connectivity index is 1.87. The summed E-state index contributed by atoms with van der Waals surface area (Å²) in [6, 6.07) is 15.4. The molecule has 33 heavy (non-hydrogen) atoms. The van der Waals surface area contributed by atoms with E-state index in [1.807, 2.05) is 0 Å². The Hall–Kier alpha value is -4.51. The minimum Gasteiger partial charge on any atom is -0.507 e. The van der Waals surface area contributed by atoms with Crippen LogP contribution in [0.5, 0.6) is 5.75 Å². The fourth-order valence-electron chi connectivity index (χ4n) is 3.54. The van der Waals surface area contributed by atoms with Gasteiger partial charge in [0.15, 0.2) is 0 Å². The third-order valence-electron chi connectivity index (χ3n) is 5.22. The van der Waals surface area contributed by atoms with Crippen molar-refractivity contribution in [2.45, 2.75) is 13.0 Å². The Kier molecular flexibility index (Phi) is 5.63. The highest BCUT2D eigenvalue weighted by atomic mass is 19.1. The molecule has 0 bridgehead atoms. The molecule has 0 fully saturated rings. The molecule has 0 aliphatic rings. The van der Waals surface area contributed by atoms with Crippen molar-refractivity contribution in [3.63, 3.8) is 0 Å². The van der Waals surface area contributed by atoms with Crippen molar-refractivity contribution in [2.24, 2.45) is 0 Å². The van der Waals surface area contributed by atoms with Gasteiger partial charge in [0, 0.05) is 22.6 Å². The van der Waals surface area contributed by atoms with Crippen LogP contribution in [-0.4, -0.2) is 27.2 Å². The molecule has 1 aromatic heterocycles. The largest absolute Gasteiger partial charge is 0.507 e. The van der Waals surface area contributed by atoms with E-state index < -0.39 is 23.6 Å². The number of nitrogens with one attached hydrogen (secondary N) is 1. The number of aromatic nitrogens is 1. The number of hydrogen-bond acceptors (Lipinski definition) is 5. The number of phenolic OH excluding ortho intramolecular Hbond substituents is 1. The van der Waals surface area contributed by atoms with E-state index in [9.17, 15) is 29.1 Å². The van der Waals surface area contributed by atoms with Gasteiger partial charge in [0.1, 0.15) is 35.1 Å². The molecule has 4 rings (SSSR count). The molecule has 6 nitrogen and oxygen atoms in total. The summed E-state index contributed by atoms with van der Waals surface area (Å²) in [5.41, 5.74) is 2.51. The summed E-state index contributed by atoms with van der Waals surface area (Å²) in [4.78, 5) is 15.9. The van der Waals surface area contributed by atoms with Crippen molar-refractivity contribution in [2.75, 3.05) is 5.32 Å². The van der Waals surface area contributed by atoms with E-state index in [2.05, 4.69) is 16.4 Å². The zero-order valence-electron chi connectivity index (χ0n) is 17.3. The molecule has 164 valence electrons. The smallest absolute Gasteiger partial charge is 0.325 e. The van der Waals surface area contributed by atoms with E-state index in [0.717, 1.165) is 6.07 Å². The van der Waals surface area contributed by atoms with Crippen LogP contribution in [0.3, 0.4) is 0 Å². The monoisotopic (exact) mass is 445 g/mol. The lowest BCUT2D eigenvalue weighted by Gasteiger charge is -2.17. The number of carbonyl (C=O) groups is 1. The molecule has 0 saturated heterocycles. The fourth-order valence-corrected chi connectivity index (χ4v) is 3.54. The maximum atomic E-state index is 13.9. The van der Waals surface area contributed by atoms with Crippen molar-refractivity contribution in [1.82, 2.24) is 4.98 Å². The molecular formula is C25H17F2N3O3. The van der Waals surface area contributed by atoms with Gasteiger partial charge in [-0.25, -0.2) is 13.8 Å². The molecule has 0 saturated carbocycles. The van der Waals surface area contributed by atoms with Crippen molar-refractivity contribution in [1.29, 1.82) is 5.26 Å². The summed E-state index contributed by atoms with van der Waals surface area (Å²) >= 11 is 0. The van der Waals surface area contributed by atoms with Crippen LogP contribution in [0.1, 0.15) is 12.5 Å². The highest BCUT2D eigenvalue weighted by Crippen LogP contribution is 2.36. The molecule has 0 radical (unpaired) electrons. The summed E-state index contributed by atoms with van der Waals surface area (Å²) < 4.78 is 27.2. The number of halogens is 2. The summed E-state index contributed by atoms with van der Waals surface area (Å²) in [7, 11) is 0. The number of carboxylic acids is 1. The Morgan fingerprint density at radius 3 is 2.30 bits per heavy atom. The van der Waals surface area contributed by atoms with Crippen LogP contribution in [-0.2, 0) is 4.79 Å². The Morgan fingerprint density at radius 1 is 1.03 bits per heavy atom. The van der Waals surface area contributed by atoms with Crippen LogP contribution in [0, 0.1) is 23.0 Å². The maximum Gasteiger partial charge on any atom is 0.325 e.